The highest BCUT2D eigenvalue weighted by Gasteiger charge is 2.55. The van der Waals surface area contributed by atoms with E-state index in [1.807, 2.05) is 0 Å². The molecule has 60 heavy (non-hydrogen) atoms. The third kappa shape index (κ3) is 9.93. The number of hydrogen-bond acceptors (Lipinski definition) is 14. The van der Waals surface area contributed by atoms with Crippen LogP contribution in [-0.4, -0.2) is 96.9 Å². The Morgan fingerprint density at radius 3 is 1.15 bits per heavy atom. The molecule has 2 heterocycles. The van der Waals surface area contributed by atoms with Gasteiger partial charge >= 0.3 is 29.8 Å². The fourth-order valence-electron chi connectivity index (χ4n) is 6.65. The van der Waals surface area contributed by atoms with Gasteiger partial charge in [0.2, 0.25) is 0 Å². The molecule has 2 fully saturated rings. The summed E-state index contributed by atoms with van der Waals surface area (Å²) in [5.41, 5.74) is 0.718. The molecule has 0 aliphatic carbocycles. The van der Waals surface area contributed by atoms with E-state index in [2.05, 4.69) is 0 Å². The first kappa shape index (κ1) is 41.4. The molecule has 0 unspecified atom stereocenters. The minimum Gasteiger partial charge on any atom is -0.452 e. The molecule has 0 amide bonds. The maximum absolute atomic E-state index is 13.8. The Bertz CT molecular complexity index is 2220. The predicted octanol–water partition coefficient (Wildman–Crippen LogP) is 5.59. The smallest absolute Gasteiger partial charge is 0.338 e. The Hall–Kier alpha value is -6.71. The van der Waals surface area contributed by atoms with Gasteiger partial charge in [-0.2, -0.15) is 0 Å². The van der Waals surface area contributed by atoms with Crippen LogP contribution < -0.4 is 0 Å². The molecular weight excluding hydrogens is 776 g/mol. The Morgan fingerprint density at radius 2 is 0.767 bits per heavy atom. The third-order valence-corrected chi connectivity index (χ3v) is 9.70. The van der Waals surface area contributed by atoms with Gasteiger partial charge in [0.05, 0.1) is 40.5 Å². The number of carbonyl (C=O) groups excluding carboxylic acids is 5. The zero-order chi connectivity index (χ0) is 42.0. The van der Waals surface area contributed by atoms with Crippen molar-refractivity contribution in [2.75, 3.05) is 6.61 Å². The molecule has 0 saturated carbocycles. The molecule has 9 atom stereocenters. The lowest BCUT2D eigenvalue weighted by Crippen LogP contribution is -2.64. The van der Waals surface area contributed by atoms with Crippen LogP contribution in [0.2, 0.25) is 0 Å². The van der Waals surface area contributed by atoms with Gasteiger partial charge in [-0.25, -0.2) is 24.0 Å². The van der Waals surface area contributed by atoms with Crippen LogP contribution in [-0.2, 0) is 37.9 Å². The van der Waals surface area contributed by atoms with Crippen LogP contribution in [0.15, 0.2) is 152 Å². The zero-order valence-electron chi connectivity index (χ0n) is 32.1. The van der Waals surface area contributed by atoms with Crippen LogP contribution in [0.4, 0.5) is 0 Å². The Morgan fingerprint density at radius 1 is 0.450 bits per heavy atom. The SMILES string of the molecule is C[C@@H]1O[C@@H](O[C@H]2CO[C@@H](O)[C@H](OC(=O)c3ccccc3)[C@H]2OC(=O)c2ccccc2)[C@H](OC(=O)c2ccccc2)[C@H](OC(=O)c2ccccc2)[C@H]1OC(=O)c1ccccc1. The van der Waals surface area contributed by atoms with E-state index < -0.39 is 91.8 Å². The molecule has 5 aromatic carbocycles. The third-order valence-electron chi connectivity index (χ3n) is 9.70. The average Bonchev–Trinajstić information content (AvgIpc) is 3.29. The molecule has 5 aromatic rings. The van der Waals surface area contributed by atoms with Crippen molar-refractivity contribution in [3.8, 4) is 0 Å². The molecule has 2 aliphatic heterocycles. The molecule has 7 rings (SSSR count). The molecule has 308 valence electrons. The number of hydrogen-bond donors (Lipinski definition) is 1. The van der Waals surface area contributed by atoms with Crippen molar-refractivity contribution in [1.29, 1.82) is 0 Å². The lowest BCUT2D eigenvalue weighted by atomic mass is 9.97. The minimum atomic E-state index is -1.79. The van der Waals surface area contributed by atoms with Crippen molar-refractivity contribution in [3.63, 3.8) is 0 Å². The number of aliphatic hydroxyl groups is 1. The molecular formula is C46H40O14. The summed E-state index contributed by atoms with van der Waals surface area (Å²) in [5, 5.41) is 11.1. The van der Waals surface area contributed by atoms with Crippen molar-refractivity contribution < 1.29 is 67.0 Å². The Labute approximate surface area is 344 Å². The summed E-state index contributed by atoms with van der Waals surface area (Å²) < 4.78 is 48.2. The van der Waals surface area contributed by atoms with Crippen LogP contribution in [0.1, 0.15) is 58.7 Å². The second kappa shape index (κ2) is 19.4. The van der Waals surface area contributed by atoms with Gasteiger partial charge < -0.3 is 43.0 Å². The summed E-state index contributed by atoms with van der Waals surface area (Å²) >= 11 is 0. The predicted molar refractivity (Wildman–Crippen MR) is 209 cm³/mol. The number of rotatable bonds is 12. The first-order valence-electron chi connectivity index (χ1n) is 19.1. The molecule has 0 aromatic heterocycles. The minimum absolute atomic E-state index is 0.118. The molecule has 2 saturated heterocycles. The van der Waals surface area contributed by atoms with Gasteiger partial charge in [0, 0.05) is 0 Å². The average molecular weight is 817 g/mol. The van der Waals surface area contributed by atoms with Gasteiger partial charge in [-0.15, -0.1) is 0 Å². The van der Waals surface area contributed by atoms with Crippen LogP contribution in [0.5, 0.6) is 0 Å². The maximum Gasteiger partial charge on any atom is 0.338 e. The van der Waals surface area contributed by atoms with E-state index in [4.69, 9.17) is 37.9 Å². The summed E-state index contributed by atoms with van der Waals surface area (Å²) in [5.74, 6) is -4.22. The first-order chi connectivity index (χ1) is 29.2. The Kier molecular flexibility index (Phi) is 13.4. The normalized spacial score (nSPS) is 24.9. The van der Waals surface area contributed by atoms with E-state index >= 15 is 0 Å². The van der Waals surface area contributed by atoms with Crippen LogP contribution in [0.3, 0.4) is 0 Å². The van der Waals surface area contributed by atoms with E-state index in [1.165, 1.54) is 67.6 Å². The van der Waals surface area contributed by atoms with Crippen LogP contribution in [0, 0.1) is 0 Å². The lowest BCUT2D eigenvalue weighted by molar-refractivity contribution is -0.333. The lowest BCUT2D eigenvalue weighted by Gasteiger charge is -2.46. The van der Waals surface area contributed by atoms with E-state index in [0.717, 1.165) is 0 Å². The highest BCUT2D eigenvalue weighted by molar-refractivity contribution is 5.92. The van der Waals surface area contributed by atoms with Crippen LogP contribution >= 0.6 is 0 Å². The van der Waals surface area contributed by atoms with Gasteiger partial charge in [-0.05, 0) is 67.6 Å². The number of aliphatic hydroxyl groups excluding tert-OH is 1. The number of carbonyl (C=O) groups is 5. The van der Waals surface area contributed by atoms with E-state index in [0.29, 0.717) is 0 Å². The first-order valence-corrected chi connectivity index (χ1v) is 19.1. The maximum atomic E-state index is 13.8. The zero-order valence-corrected chi connectivity index (χ0v) is 32.1. The summed E-state index contributed by atoms with van der Waals surface area (Å²) in [4.78, 5) is 68.1. The summed E-state index contributed by atoms with van der Waals surface area (Å²) in [7, 11) is 0. The molecule has 0 spiro atoms. The van der Waals surface area contributed by atoms with Gasteiger partial charge in [0.1, 0.15) is 6.10 Å². The molecule has 0 bridgehead atoms. The van der Waals surface area contributed by atoms with Crippen molar-refractivity contribution in [2.45, 2.75) is 62.2 Å². The van der Waals surface area contributed by atoms with Crippen LogP contribution in [0.25, 0.3) is 0 Å². The highest BCUT2D eigenvalue weighted by atomic mass is 16.8. The molecule has 2 aliphatic rings. The van der Waals surface area contributed by atoms with Crippen molar-refractivity contribution in [2.24, 2.45) is 0 Å². The van der Waals surface area contributed by atoms with Crippen molar-refractivity contribution in [1.82, 2.24) is 0 Å². The molecule has 14 heteroatoms. The molecule has 1 N–H and O–H groups in total. The van der Waals surface area contributed by atoms with E-state index in [9.17, 15) is 29.1 Å². The second-order valence-electron chi connectivity index (χ2n) is 13.8. The summed E-state index contributed by atoms with van der Waals surface area (Å²) in [6.45, 7) is 1.08. The Balaban J connectivity index is 1.26. The van der Waals surface area contributed by atoms with Gasteiger partial charge in [-0.1, -0.05) is 91.0 Å². The fourth-order valence-corrected chi connectivity index (χ4v) is 6.65. The molecule has 0 radical (unpaired) electrons. The van der Waals surface area contributed by atoms with E-state index in [-0.39, 0.29) is 27.8 Å². The highest BCUT2D eigenvalue weighted by Crippen LogP contribution is 2.34. The van der Waals surface area contributed by atoms with Crippen molar-refractivity contribution >= 4 is 29.8 Å². The van der Waals surface area contributed by atoms with Gasteiger partial charge in [0.25, 0.3) is 0 Å². The van der Waals surface area contributed by atoms with Crippen molar-refractivity contribution in [3.05, 3.63) is 179 Å². The fraction of sp³-hybridized carbons (Fsp3) is 0.239. The largest absolute Gasteiger partial charge is 0.452 e. The number of esters is 5. The topological polar surface area (TPSA) is 179 Å². The van der Waals surface area contributed by atoms with Gasteiger partial charge in [-0.3, -0.25) is 0 Å². The number of benzene rings is 5. The van der Waals surface area contributed by atoms with E-state index in [1.54, 1.807) is 91.0 Å². The molecule has 14 nitrogen and oxygen atoms in total. The monoisotopic (exact) mass is 816 g/mol. The van der Waals surface area contributed by atoms with Gasteiger partial charge in [0.15, 0.2) is 43.1 Å². The summed E-state index contributed by atoms with van der Waals surface area (Å²) in [6, 6.07) is 39.9. The quantitative estimate of drug-likeness (QED) is 0.122. The standard InChI is InChI=1S/C46H40O14/c1-28-35(56-40(47)29-17-7-2-8-18-29)37(58-42(49)31-21-11-4-12-22-31)39(60-44(51)33-25-15-6-16-26-33)46(54-28)55-34-27-53-45(52)38(59-43(50)32-23-13-5-14-24-32)36(34)57-41(48)30-19-9-3-10-20-30/h2-26,28,34-39,45-46,52H,27H2,1H3/t28-,34-,35-,36-,37+,38+,39+,45+,46-/m0/s1. The summed E-state index contributed by atoms with van der Waals surface area (Å²) in [6.07, 6.45) is -13.8. The number of ether oxygens (including phenoxy) is 8. The second-order valence-corrected chi connectivity index (χ2v) is 13.8.